The molecular formula is C22H33FN6O. The van der Waals surface area contributed by atoms with Crippen LogP contribution < -0.4 is 10.6 Å². The van der Waals surface area contributed by atoms with Crippen LogP contribution in [0.15, 0.2) is 33.8 Å². The lowest BCUT2D eigenvalue weighted by atomic mass is 10.0. The molecule has 1 saturated heterocycles. The van der Waals surface area contributed by atoms with Gasteiger partial charge in [-0.3, -0.25) is 9.89 Å². The minimum absolute atomic E-state index is 0.184. The summed E-state index contributed by atoms with van der Waals surface area (Å²) in [6.07, 6.45) is 2.73. The third kappa shape index (κ3) is 6.79. The van der Waals surface area contributed by atoms with Crippen molar-refractivity contribution >= 4 is 5.96 Å². The first-order valence-electron chi connectivity index (χ1n) is 10.9. The lowest BCUT2D eigenvalue weighted by Gasteiger charge is -2.33. The quantitative estimate of drug-likeness (QED) is 0.509. The highest BCUT2D eigenvalue weighted by Crippen LogP contribution is 2.14. The number of rotatable bonds is 8. The Bertz CT molecular complexity index is 796. The van der Waals surface area contributed by atoms with Gasteiger partial charge in [0.25, 0.3) is 0 Å². The highest BCUT2D eigenvalue weighted by molar-refractivity contribution is 5.80. The first kappa shape index (κ1) is 22.2. The van der Waals surface area contributed by atoms with E-state index < -0.39 is 0 Å². The average molecular weight is 417 g/mol. The summed E-state index contributed by atoms with van der Waals surface area (Å²) in [5.74, 6) is 2.28. The van der Waals surface area contributed by atoms with E-state index in [1.54, 1.807) is 0 Å². The van der Waals surface area contributed by atoms with Crippen molar-refractivity contribution in [3.63, 3.8) is 0 Å². The van der Waals surface area contributed by atoms with Crippen molar-refractivity contribution < 1.29 is 8.91 Å². The molecule has 0 atom stereocenters. The monoisotopic (exact) mass is 416 g/mol. The predicted molar refractivity (Wildman–Crippen MR) is 116 cm³/mol. The van der Waals surface area contributed by atoms with Gasteiger partial charge in [0.05, 0.1) is 6.54 Å². The molecule has 0 bridgehead atoms. The van der Waals surface area contributed by atoms with Crippen LogP contribution in [0.25, 0.3) is 0 Å². The van der Waals surface area contributed by atoms with Crippen molar-refractivity contribution in [3.8, 4) is 0 Å². The van der Waals surface area contributed by atoms with Crippen molar-refractivity contribution in [1.82, 2.24) is 25.7 Å². The maximum atomic E-state index is 13.1. The van der Waals surface area contributed by atoms with Crippen LogP contribution in [0.4, 0.5) is 4.39 Å². The van der Waals surface area contributed by atoms with Gasteiger partial charge in [-0.15, -0.1) is 0 Å². The van der Waals surface area contributed by atoms with Gasteiger partial charge in [0.2, 0.25) is 5.89 Å². The van der Waals surface area contributed by atoms with E-state index in [9.17, 15) is 4.39 Å². The zero-order chi connectivity index (χ0) is 21.3. The standard InChI is InChI=1S/C22H33FN6O/c1-4-24-22(25-12-9-20-27-21(16(2)3)28-30-20)26-19-10-13-29(14-11-19)15-17-5-7-18(23)8-6-17/h5-8,16,19H,4,9-15H2,1-3H3,(H2,24,25,26). The van der Waals surface area contributed by atoms with Gasteiger partial charge in [0.1, 0.15) is 5.82 Å². The van der Waals surface area contributed by atoms with Crippen LogP contribution in [0.3, 0.4) is 0 Å². The Labute approximate surface area is 178 Å². The molecule has 1 aromatic heterocycles. The van der Waals surface area contributed by atoms with Crippen LogP contribution in [0, 0.1) is 5.82 Å². The molecule has 0 aliphatic carbocycles. The smallest absolute Gasteiger partial charge is 0.228 e. The van der Waals surface area contributed by atoms with Crippen LogP contribution in [0.1, 0.15) is 56.8 Å². The Kier molecular flexibility index (Phi) is 8.19. The van der Waals surface area contributed by atoms with Gasteiger partial charge in [-0.1, -0.05) is 31.1 Å². The molecule has 0 unspecified atom stereocenters. The topological polar surface area (TPSA) is 78.6 Å². The molecule has 0 radical (unpaired) electrons. The summed E-state index contributed by atoms with van der Waals surface area (Å²) in [4.78, 5) is 11.5. The summed E-state index contributed by atoms with van der Waals surface area (Å²) in [6.45, 7) is 10.4. The number of likely N-dealkylation sites (tertiary alicyclic amines) is 1. The Hall–Kier alpha value is -2.48. The number of benzene rings is 1. The zero-order valence-corrected chi connectivity index (χ0v) is 18.2. The molecule has 30 heavy (non-hydrogen) atoms. The van der Waals surface area contributed by atoms with E-state index in [4.69, 9.17) is 4.52 Å². The Balaban J connectivity index is 1.44. The second kappa shape index (κ2) is 11.1. The maximum absolute atomic E-state index is 13.1. The Morgan fingerprint density at radius 2 is 2.00 bits per heavy atom. The number of hydrogen-bond donors (Lipinski definition) is 2. The number of guanidine groups is 1. The number of nitrogens with zero attached hydrogens (tertiary/aromatic N) is 4. The number of aromatic nitrogens is 2. The summed E-state index contributed by atoms with van der Waals surface area (Å²) in [5.41, 5.74) is 1.15. The van der Waals surface area contributed by atoms with E-state index in [2.05, 4.69) is 37.6 Å². The summed E-state index contributed by atoms with van der Waals surface area (Å²) in [6, 6.07) is 7.18. The molecule has 1 aromatic carbocycles. The van der Waals surface area contributed by atoms with Crippen molar-refractivity contribution in [1.29, 1.82) is 0 Å². The van der Waals surface area contributed by atoms with E-state index in [-0.39, 0.29) is 11.7 Å². The summed E-state index contributed by atoms with van der Waals surface area (Å²) < 4.78 is 18.4. The molecule has 7 nitrogen and oxygen atoms in total. The Morgan fingerprint density at radius 1 is 1.27 bits per heavy atom. The molecule has 0 spiro atoms. The number of aliphatic imine (C=N–C) groups is 1. The van der Waals surface area contributed by atoms with Crippen LogP contribution in [-0.4, -0.2) is 53.2 Å². The molecule has 2 heterocycles. The second-order valence-corrected chi connectivity index (χ2v) is 8.03. The fraction of sp³-hybridized carbons (Fsp3) is 0.591. The summed E-state index contributed by atoms with van der Waals surface area (Å²) in [7, 11) is 0. The van der Waals surface area contributed by atoms with E-state index in [1.807, 2.05) is 26.0 Å². The third-order valence-corrected chi connectivity index (χ3v) is 5.19. The van der Waals surface area contributed by atoms with Crippen LogP contribution in [-0.2, 0) is 13.0 Å². The maximum Gasteiger partial charge on any atom is 0.228 e. The molecule has 8 heteroatoms. The molecule has 164 valence electrons. The fourth-order valence-corrected chi connectivity index (χ4v) is 3.46. The minimum atomic E-state index is -0.184. The third-order valence-electron chi connectivity index (χ3n) is 5.19. The zero-order valence-electron chi connectivity index (χ0n) is 18.2. The van der Waals surface area contributed by atoms with Gasteiger partial charge in [0.15, 0.2) is 11.8 Å². The van der Waals surface area contributed by atoms with Gasteiger partial charge in [-0.25, -0.2) is 4.39 Å². The highest BCUT2D eigenvalue weighted by Gasteiger charge is 2.20. The van der Waals surface area contributed by atoms with Crippen LogP contribution in [0.2, 0.25) is 0 Å². The van der Waals surface area contributed by atoms with Gasteiger partial charge in [-0.2, -0.15) is 4.98 Å². The largest absolute Gasteiger partial charge is 0.357 e. The molecule has 1 aliphatic heterocycles. The van der Waals surface area contributed by atoms with E-state index >= 15 is 0 Å². The van der Waals surface area contributed by atoms with Gasteiger partial charge in [-0.05, 0) is 37.5 Å². The molecule has 2 aromatic rings. The van der Waals surface area contributed by atoms with Crippen LogP contribution in [0.5, 0.6) is 0 Å². The number of halogens is 1. The van der Waals surface area contributed by atoms with Gasteiger partial charge < -0.3 is 15.2 Å². The Morgan fingerprint density at radius 3 is 2.63 bits per heavy atom. The normalized spacial score (nSPS) is 16.2. The lowest BCUT2D eigenvalue weighted by molar-refractivity contribution is 0.198. The highest BCUT2D eigenvalue weighted by atomic mass is 19.1. The average Bonchev–Trinajstić information content (AvgIpc) is 3.21. The van der Waals surface area contributed by atoms with Crippen molar-refractivity contribution in [2.24, 2.45) is 4.99 Å². The first-order chi connectivity index (χ1) is 14.5. The molecule has 0 saturated carbocycles. The molecule has 1 fully saturated rings. The van der Waals surface area contributed by atoms with Gasteiger partial charge >= 0.3 is 0 Å². The number of nitrogens with one attached hydrogen (secondary N) is 2. The molecular weight excluding hydrogens is 383 g/mol. The van der Waals surface area contributed by atoms with Crippen molar-refractivity contribution in [3.05, 3.63) is 47.4 Å². The summed E-state index contributed by atoms with van der Waals surface area (Å²) >= 11 is 0. The second-order valence-electron chi connectivity index (χ2n) is 8.03. The van der Waals surface area contributed by atoms with Crippen LogP contribution >= 0.6 is 0 Å². The van der Waals surface area contributed by atoms with Crippen molar-refractivity contribution in [2.75, 3.05) is 26.2 Å². The number of piperidine rings is 1. The molecule has 2 N–H and O–H groups in total. The summed E-state index contributed by atoms with van der Waals surface area (Å²) in [5, 5.41) is 10.9. The van der Waals surface area contributed by atoms with Gasteiger partial charge in [0, 0.05) is 44.6 Å². The number of hydrogen-bond acceptors (Lipinski definition) is 5. The fourth-order valence-electron chi connectivity index (χ4n) is 3.46. The van der Waals surface area contributed by atoms with E-state index in [0.29, 0.717) is 24.9 Å². The van der Waals surface area contributed by atoms with Crippen molar-refractivity contribution in [2.45, 2.75) is 58.5 Å². The minimum Gasteiger partial charge on any atom is -0.357 e. The lowest BCUT2D eigenvalue weighted by Crippen LogP contribution is -2.48. The first-order valence-corrected chi connectivity index (χ1v) is 10.9. The van der Waals surface area contributed by atoms with E-state index in [0.717, 1.165) is 56.4 Å². The molecule has 3 rings (SSSR count). The molecule has 0 amide bonds. The molecule has 1 aliphatic rings. The van der Waals surface area contributed by atoms with E-state index in [1.165, 1.54) is 12.1 Å². The predicted octanol–water partition coefficient (Wildman–Crippen LogP) is 3.09. The SMILES string of the molecule is CCNC(=NCCc1nc(C(C)C)no1)NC1CCN(Cc2ccc(F)cc2)CC1.